The number of benzene rings is 3. The summed E-state index contributed by atoms with van der Waals surface area (Å²) in [5.41, 5.74) is 9.01. The summed E-state index contributed by atoms with van der Waals surface area (Å²) in [6.07, 6.45) is 5.82. The van der Waals surface area contributed by atoms with Crippen LogP contribution in [0.25, 0.3) is 10.9 Å². The van der Waals surface area contributed by atoms with E-state index in [2.05, 4.69) is 90.0 Å². The summed E-state index contributed by atoms with van der Waals surface area (Å²) in [5, 5.41) is 1.27. The molecule has 3 aromatic carbocycles. The Morgan fingerprint density at radius 1 is 0.812 bits per heavy atom. The van der Waals surface area contributed by atoms with Gasteiger partial charge in [-0.2, -0.15) is 0 Å². The minimum Gasteiger partial charge on any atom is -0.302 e. The zero-order valence-electron chi connectivity index (χ0n) is 18.4. The number of aromatic nitrogens is 1. The monoisotopic (exact) mass is 416 g/mol. The molecule has 2 heteroatoms. The number of hydrogen-bond acceptors (Lipinski definition) is 2. The highest BCUT2D eigenvalue weighted by Crippen LogP contribution is 2.60. The zero-order valence-corrected chi connectivity index (χ0v) is 18.4. The van der Waals surface area contributed by atoms with E-state index in [0.29, 0.717) is 11.8 Å². The molecule has 1 aromatic heterocycles. The van der Waals surface area contributed by atoms with Gasteiger partial charge in [0.1, 0.15) is 0 Å². The summed E-state index contributed by atoms with van der Waals surface area (Å²) in [6.45, 7) is 3.50. The zero-order chi connectivity index (χ0) is 21.1. The van der Waals surface area contributed by atoms with Crippen LogP contribution in [0.3, 0.4) is 0 Å². The Labute approximate surface area is 189 Å². The fraction of sp³-hybridized carbons (Fsp3) is 0.300. The van der Waals surface area contributed by atoms with Crippen LogP contribution < -0.4 is 0 Å². The van der Waals surface area contributed by atoms with Gasteiger partial charge in [0.2, 0.25) is 0 Å². The molecule has 2 heterocycles. The maximum absolute atomic E-state index is 4.72. The first kappa shape index (κ1) is 18.6. The maximum atomic E-state index is 4.72. The molecule has 0 saturated carbocycles. The molecule has 0 amide bonds. The predicted molar refractivity (Wildman–Crippen MR) is 130 cm³/mol. The van der Waals surface area contributed by atoms with Crippen LogP contribution in [0.2, 0.25) is 0 Å². The number of nitrogens with zero attached hydrogens (tertiary/aromatic N) is 2. The van der Waals surface area contributed by atoms with Crippen LogP contribution >= 0.6 is 0 Å². The number of pyridine rings is 1. The van der Waals surface area contributed by atoms with E-state index in [4.69, 9.17) is 4.98 Å². The first-order valence-electron chi connectivity index (χ1n) is 12.1. The maximum Gasteiger partial charge on any atom is 0.0702 e. The smallest absolute Gasteiger partial charge is 0.0702 e. The molecule has 3 aliphatic rings. The Balaban J connectivity index is 1.14. The quantitative estimate of drug-likeness (QED) is 0.392. The van der Waals surface area contributed by atoms with Gasteiger partial charge in [0.25, 0.3) is 0 Å². The van der Waals surface area contributed by atoms with Gasteiger partial charge in [0, 0.05) is 29.5 Å². The van der Waals surface area contributed by atoms with Crippen molar-refractivity contribution in [3.05, 3.63) is 113 Å². The lowest BCUT2D eigenvalue weighted by Gasteiger charge is -2.40. The summed E-state index contributed by atoms with van der Waals surface area (Å²) in [6, 6.07) is 29.3. The molecule has 158 valence electrons. The lowest BCUT2D eigenvalue weighted by molar-refractivity contribution is 0.180. The Morgan fingerprint density at radius 3 is 2.22 bits per heavy atom. The standard InChI is InChI=1S/C30H28N2/c1-6-12-29-22(7-1)17-23(19-31-29)21-13-15-32(16-14-21)20-30-18-26(24-8-2-4-10-27(24)30)25-9-3-5-11-28(25)30/h1-12,17,19,21,26H,13-16,18,20H2. The minimum absolute atomic E-state index is 0.176. The number of piperidine rings is 1. The molecule has 2 bridgehead atoms. The van der Waals surface area contributed by atoms with Crippen LogP contribution in [-0.2, 0) is 5.41 Å². The molecule has 0 N–H and O–H groups in total. The average Bonchev–Trinajstić information content (AvgIpc) is 3.36. The summed E-state index contributed by atoms with van der Waals surface area (Å²) >= 11 is 0. The molecule has 2 aliphatic carbocycles. The summed E-state index contributed by atoms with van der Waals surface area (Å²) < 4.78 is 0. The van der Waals surface area contributed by atoms with Crippen molar-refractivity contribution in [1.82, 2.24) is 9.88 Å². The van der Waals surface area contributed by atoms with Gasteiger partial charge < -0.3 is 4.90 Å². The molecule has 4 aromatic rings. The normalized spacial score (nSPS) is 24.6. The van der Waals surface area contributed by atoms with Gasteiger partial charge in [-0.3, -0.25) is 4.98 Å². The predicted octanol–water partition coefficient (Wildman–Crippen LogP) is 6.25. The van der Waals surface area contributed by atoms with Crippen LogP contribution in [0, 0.1) is 0 Å². The highest BCUT2D eigenvalue weighted by molar-refractivity contribution is 5.78. The fourth-order valence-corrected chi connectivity index (χ4v) is 6.93. The molecule has 1 saturated heterocycles. The van der Waals surface area contributed by atoms with Crippen LogP contribution in [0.1, 0.15) is 58.9 Å². The van der Waals surface area contributed by atoms with Gasteiger partial charge in [0.05, 0.1) is 5.52 Å². The van der Waals surface area contributed by atoms with Gasteiger partial charge >= 0.3 is 0 Å². The van der Waals surface area contributed by atoms with Gasteiger partial charge in [-0.15, -0.1) is 0 Å². The summed E-state index contributed by atoms with van der Waals surface area (Å²) in [7, 11) is 0. The van der Waals surface area contributed by atoms with E-state index in [-0.39, 0.29) is 5.41 Å². The first-order chi connectivity index (χ1) is 15.8. The molecule has 32 heavy (non-hydrogen) atoms. The van der Waals surface area contributed by atoms with Crippen molar-refractivity contribution in [3.8, 4) is 0 Å². The fourth-order valence-electron chi connectivity index (χ4n) is 6.93. The van der Waals surface area contributed by atoms with E-state index in [0.717, 1.165) is 12.1 Å². The third kappa shape index (κ3) is 2.66. The molecule has 0 unspecified atom stereocenters. The molecule has 1 aliphatic heterocycles. The van der Waals surface area contributed by atoms with Crippen molar-refractivity contribution < 1.29 is 0 Å². The third-order valence-electron chi connectivity index (χ3n) is 8.42. The second-order valence-corrected chi connectivity index (χ2v) is 10.0. The molecule has 0 spiro atoms. The van der Waals surface area contributed by atoms with Crippen molar-refractivity contribution >= 4 is 10.9 Å². The highest BCUT2D eigenvalue weighted by Gasteiger charge is 2.53. The second-order valence-electron chi connectivity index (χ2n) is 10.0. The number of rotatable bonds is 3. The third-order valence-corrected chi connectivity index (χ3v) is 8.42. The SMILES string of the molecule is c1ccc2c(c1)C1CC2(CN2CCC(c3cnc4ccccc4c3)CC2)c2ccccc21. The summed E-state index contributed by atoms with van der Waals surface area (Å²) in [4.78, 5) is 7.47. The number of likely N-dealkylation sites (tertiary alicyclic amines) is 1. The Bertz CT molecular complexity index is 1270. The molecule has 1 fully saturated rings. The summed E-state index contributed by atoms with van der Waals surface area (Å²) in [5.74, 6) is 1.21. The van der Waals surface area contributed by atoms with E-state index in [9.17, 15) is 0 Å². The van der Waals surface area contributed by atoms with Crippen molar-refractivity contribution in [1.29, 1.82) is 0 Å². The van der Waals surface area contributed by atoms with Gasteiger partial charge in [-0.25, -0.2) is 0 Å². The van der Waals surface area contributed by atoms with Crippen LogP contribution in [0.15, 0.2) is 85.1 Å². The number of fused-ring (bicyclic) bond motifs is 9. The Kier molecular flexibility index (Phi) is 4.07. The lowest BCUT2D eigenvalue weighted by Crippen LogP contribution is -2.43. The molecule has 0 atom stereocenters. The second kappa shape index (κ2) is 7.02. The van der Waals surface area contributed by atoms with Crippen LogP contribution in [0.4, 0.5) is 0 Å². The largest absolute Gasteiger partial charge is 0.302 e. The van der Waals surface area contributed by atoms with Crippen LogP contribution in [-0.4, -0.2) is 29.5 Å². The van der Waals surface area contributed by atoms with E-state index < -0.39 is 0 Å². The van der Waals surface area contributed by atoms with E-state index >= 15 is 0 Å². The number of para-hydroxylation sites is 1. The van der Waals surface area contributed by atoms with E-state index in [1.54, 1.807) is 22.3 Å². The topological polar surface area (TPSA) is 16.1 Å². The van der Waals surface area contributed by atoms with Crippen LogP contribution in [0.5, 0.6) is 0 Å². The van der Waals surface area contributed by atoms with Crippen molar-refractivity contribution in [2.75, 3.05) is 19.6 Å². The molecule has 2 nitrogen and oxygen atoms in total. The van der Waals surface area contributed by atoms with Crippen molar-refractivity contribution in [2.45, 2.75) is 36.5 Å². The minimum atomic E-state index is 0.176. The van der Waals surface area contributed by atoms with Gasteiger partial charge in [-0.1, -0.05) is 66.7 Å². The highest BCUT2D eigenvalue weighted by atomic mass is 15.1. The number of hydrogen-bond donors (Lipinski definition) is 0. The molecule has 7 rings (SSSR count). The van der Waals surface area contributed by atoms with Gasteiger partial charge in [-0.05, 0) is 78.2 Å². The average molecular weight is 417 g/mol. The first-order valence-corrected chi connectivity index (χ1v) is 12.1. The van der Waals surface area contributed by atoms with Crippen molar-refractivity contribution in [3.63, 3.8) is 0 Å². The Morgan fingerprint density at radius 2 is 1.47 bits per heavy atom. The molecular weight excluding hydrogens is 388 g/mol. The lowest BCUT2D eigenvalue weighted by atomic mass is 9.74. The van der Waals surface area contributed by atoms with E-state index in [1.807, 2.05) is 0 Å². The molecular formula is C30H28N2. The molecule has 0 radical (unpaired) electrons. The van der Waals surface area contributed by atoms with E-state index in [1.165, 1.54) is 43.3 Å². The van der Waals surface area contributed by atoms with Crippen molar-refractivity contribution in [2.24, 2.45) is 0 Å². The van der Waals surface area contributed by atoms with Gasteiger partial charge in [0.15, 0.2) is 0 Å². The Hall–Kier alpha value is -2.97.